The lowest BCUT2D eigenvalue weighted by atomic mass is 9.91. The van der Waals surface area contributed by atoms with Crippen LogP contribution in [0.3, 0.4) is 0 Å². The van der Waals surface area contributed by atoms with Crippen molar-refractivity contribution in [3.05, 3.63) is 36.0 Å². The van der Waals surface area contributed by atoms with Gasteiger partial charge in [-0.1, -0.05) is 12.2 Å². The van der Waals surface area contributed by atoms with Crippen LogP contribution in [0.5, 0.6) is 5.88 Å². The van der Waals surface area contributed by atoms with E-state index in [-0.39, 0.29) is 23.8 Å². The monoisotopic (exact) mass is 338 g/mol. The first kappa shape index (κ1) is 15.5. The number of rotatable bonds is 3. The minimum atomic E-state index is -4.42. The summed E-state index contributed by atoms with van der Waals surface area (Å²) in [4.78, 5) is 18.0. The molecule has 1 aromatic rings. The van der Waals surface area contributed by atoms with E-state index in [4.69, 9.17) is 4.74 Å². The third-order valence-corrected chi connectivity index (χ3v) is 5.11. The highest BCUT2D eigenvalue weighted by Crippen LogP contribution is 2.44. The van der Waals surface area contributed by atoms with Crippen LogP contribution in [0, 0.1) is 17.8 Å². The highest BCUT2D eigenvalue weighted by molar-refractivity contribution is 5.81. The van der Waals surface area contributed by atoms with Gasteiger partial charge in [-0.2, -0.15) is 13.2 Å². The summed E-state index contributed by atoms with van der Waals surface area (Å²) in [6.07, 6.45) is 2.68. The van der Waals surface area contributed by atoms with Gasteiger partial charge in [-0.15, -0.1) is 0 Å². The third-order valence-electron chi connectivity index (χ3n) is 5.11. The number of aromatic nitrogens is 1. The molecule has 7 heteroatoms. The van der Waals surface area contributed by atoms with Crippen molar-refractivity contribution in [3.63, 3.8) is 0 Å². The molecule has 3 aliphatic rings. The molecule has 1 aromatic heterocycles. The fraction of sp³-hybridized carbons (Fsp3) is 0.529. The van der Waals surface area contributed by atoms with Crippen molar-refractivity contribution in [3.8, 4) is 5.88 Å². The molecule has 3 unspecified atom stereocenters. The molecule has 0 spiro atoms. The number of hydrogen-bond acceptors (Lipinski definition) is 3. The molecule has 1 aliphatic heterocycles. The van der Waals surface area contributed by atoms with Gasteiger partial charge in [-0.25, -0.2) is 4.98 Å². The second kappa shape index (κ2) is 5.50. The number of allylic oxidation sites excluding steroid dienone is 2. The van der Waals surface area contributed by atoms with Crippen LogP contribution in [0.2, 0.25) is 0 Å². The van der Waals surface area contributed by atoms with Crippen molar-refractivity contribution >= 4 is 5.91 Å². The molecule has 4 rings (SSSR count). The summed E-state index contributed by atoms with van der Waals surface area (Å²) in [6, 6.07) is 1.80. The molecule has 24 heavy (non-hydrogen) atoms. The third kappa shape index (κ3) is 2.76. The van der Waals surface area contributed by atoms with Crippen molar-refractivity contribution in [2.45, 2.75) is 25.1 Å². The maximum absolute atomic E-state index is 12.7. The maximum atomic E-state index is 12.7. The van der Waals surface area contributed by atoms with Gasteiger partial charge in [0, 0.05) is 18.2 Å². The lowest BCUT2D eigenvalue weighted by Crippen LogP contribution is -2.58. The quantitative estimate of drug-likeness (QED) is 0.796. The van der Waals surface area contributed by atoms with Crippen molar-refractivity contribution in [2.24, 2.45) is 17.8 Å². The van der Waals surface area contributed by atoms with Crippen LogP contribution in [0.25, 0.3) is 0 Å². The van der Waals surface area contributed by atoms with Gasteiger partial charge in [-0.3, -0.25) is 4.79 Å². The molecule has 4 nitrogen and oxygen atoms in total. The Bertz CT molecular complexity index is 683. The van der Waals surface area contributed by atoms with Crippen LogP contribution in [0.4, 0.5) is 13.2 Å². The number of ether oxygens (including phenoxy) is 1. The van der Waals surface area contributed by atoms with E-state index in [0.717, 1.165) is 31.2 Å². The minimum Gasteiger partial charge on any atom is -0.471 e. The van der Waals surface area contributed by atoms with E-state index in [1.165, 1.54) is 0 Å². The average molecular weight is 338 g/mol. The van der Waals surface area contributed by atoms with Gasteiger partial charge in [0.25, 0.3) is 0 Å². The Kier molecular flexibility index (Phi) is 3.54. The first-order chi connectivity index (χ1) is 11.4. The van der Waals surface area contributed by atoms with Crippen molar-refractivity contribution in [1.29, 1.82) is 0 Å². The predicted octanol–water partition coefficient (Wildman–Crippen LogP) is 2.90. The number of hydrogen-bond donors (Lipinski definition) is 0. The number of nitrogens with zero attached hydrogens (tertiary/aromatic N) is 2. The predicted molar refractivity (Wildman–Crippen MR) is 79.1 cm³/mol. The summed E-state index contributed by atoms with van der Waals surface area (Å²) >= 11 is 0. The summed E-state index contributed by atoms with van der Waals surface area (Å²) in [5.74, 6) is 1.04. The van der Waals surface area contributed by atoms with E-state index in [1.54, 1.807) is 4.90 Å². The van der Waals surface area contributed by atoms with Crippen LogP contribution in [-0.4, -0.2) is 35.0 Å². The van der Waals surface area contributed by atoms with Crippen molar-refractivity contribution in [1.82, 2.24) is 9.88 Å². The van der Waals surface area contributed by atoms with Gasteiger partial charge >= 0.3 is 6.18 Å². The Morgan fingerprint density at radius 1 is 1.25 bits per heavy atom. The van der Waals surface area contributed by atoms with E-state index < -0.39 is 11.7 Å². The summed E-state index contributed by atoms with van der Waals surface area (Å²) in [6.45, 7) is 0.822. The van der Waals surface area contributed by atoms with Crippen LogP contribution in [0.1, 0.15) is 18.4 Å². The molecule has 2 fully saturated rings. The molecular formula is C17H17F3N2O2. The van der Waals surface area contributed by atoms with Crippen LogP contribution in [0.15, 0.2) is 30.5 Å². The topological polar surface area (TPSA) is 42.4 Å². The zero-order valence-corrected chi connectivity index (χ0v) is 12.9. The fourth-order valence-electron chi connectivity index (χ4n) is 3.81. The number of likely N-dealkylation sites (tertiary alicyclic amines) is 1. The number of pyridine rings is 1. The molecule has 128 valence electrons. The van der Waals surface area contributed by atoms with Crippen molar-refractivity contribution in [2.75, 3.05) is 13.1 Å². The van der Waals surface area contributed by atoms with E-state index in [2.05, 4.69) is 17.1 Å². The second-order valence-electron chi connectivity index (χ2n) is 6.75. The van der Waals surface area contributed by atoms with Gasteiger partial charge in [0.2, 0.25) is 11.8 Å². The number of halogens is 3. The van der Waals surface area contributed by atoms with Crippen LogP contribution < -0.4 is 4.74 Å². The number of carbonyl (C=O) groups excluding carboxylic acids is 1. The van der Waals surface area contributed by atoms with E-state index in [1.807, 2.05) is 0 Å². The Morgan fingerprint density at radius 2 is 2.04 bits per heavy atom. The number of carbonyl (C=O) groups is 1. The Balaban J connectivity index is 1.32. The molecule has 3 atom stereocenters. The van der Waals surface area contributed by atoms with E-state index in [0.29, 0.717) is 24.9 Å². The van der Waals surface area contributed by atoms with E-state index >= 15 is 0 Å². The highest BCUT2D eigenvalue weighted by atomic mass is 19.4. The summed E-state index contributed by atoms with van der Waals surface area (Å²) < 4.78 is 43.5. The maximum Gasteiger partial charge on any atom is 0.416 e. The largest absolute Gasteiger partial charge is 0.471 e. The number of amides is 1. The summed E-state index contributed by atoms with van der Waals surface area (Å²) in [5, 5.41) is 0. The molecule has 1 saturated carbocycles. The smallest absolute Gasteiger partial charge is 0.416 e. The summed E-state index contributed by atoms with van der Waals surface area (Å²) in [5.41, 5.74) is -0.784. The Labute approximate surface area is 137 Å². The van der Waals surface area contributed by atoms with Crippen molar-refractivity contribution < 1.29 is 22.7 Å². The first-order valence-corrected chi connectivity index (χ1v) is 8.07. The zero-order valence-electron chi connectivity index (χ0n) is 12.9. The fourth-order valence-corrected chi connectivity index (χ4v) is 3.81. The molecule has 1 saturated heterocycles. The molecular weight excluding hydrogens is 321 g/mol. The second-order valence-corrected chi connectivity index (χ2v) is 6.75. The Morgan fingerprint density at radius 3 is 2.67 bits per heavy atom. The van der Waals surface area contributed by atoms with Gasteiger partial charge in [-0.05, 0) is 30.7 Å². The average Bonchev–Trinajstić information content (AvgIpc) is 3.12. The molecule has 2 aliphatic carbocycles. The molecule has 0 radical (unpaired) electrons. The molecule has 0 N–H and O–H groups in total. The standard InChI is InChI=1S/C17H17F3N2O2/c18-17(19,20)12-3-4-21-15(7-12)24-13-8-22(9-13)16(23)14-6-10-1-2-11(14)5-10/h1-4,7,10-11,13-14H,5-6,8-9H2. The summed E-state index contributed by atoms with van der Waals surface area (Å²) in [7, 11) is 0. The van der Waals surface area contributed by atoms with Gasteiger partial charge in [0.15, 0.2) is 0 Å². The molecule has 2 heterocycles. The highest BCUT2D eigenvalue weighted by Gasteiger charge is 2.44. The van der Waals surface area contributed by atoms with Gasteiger partial charge in [0.1, 0.15) is 6.10 Å². The first-order valence-electron chi connectivity index (χ1n) is 8.07. The van der Waals surface area contributed by atoms with Crippen LogP contribution in [-0.2, 0) is 11.0 Å². The minimum absolute atomic E-state index is 0.0511. The molecule has 2 bridgehead atoms. The lowest BCUT2D eigenvalue weighted by Gasteiger charge is -2.40. The number of fused-ring (bicyclic) bond motifs is 2. The van der Waals surface area contributed by atoms with Gasteiger partial charge in [0.05, 0.1) is 18.7 Å². The lowest BCUT2D eigenvalue weighted by molar-refractivity contribution is -0.145. The number of alkyl halides is 3. The Hall–Kier alpha value is -2.05. The van der Waals surface area contributed by atoms with Gasteiger partial charge < -0.3 is 9.64 Å². The SMILES string of the molecule is O=C(C1CC2C=CC1C2)N1CC(Oc2cc(C(F)(F)F)ccn2)C1. The van der Waals surface area contributed by atoms with Crippen LogP contribution >= 0.6 is 0 Å². The molecule has 1 amide bonds. The zero-order chi connectivity index (χ0) is 16.9. The normalized spacial score (nSPS) is 29.0. The van der Waals surface area contributed by atoms with E-state index in [9.17, 15) is 18.0 Å². The molecule has 0 aromatic carbocycles.